The second kappa shape index (κ2) is 7.47. The molecule has 1 N–H and O–H groups in total. The minimum atomic E-state index is 0.387. The van der Waals surface area contributed by atoms with Crippen LogP contribution in [0.4, 0.5) is 0 Å². The first-order valence-corrected chi connectivity index (χ1v) is 8.51. The largest absolute Gasteiger partial charge is 0.491 e. The number of nitrogens with zero attached hydrogens (tertiary/aromatic N) is 2. The molecule has 0 aliphatic carbocycles. The van der Waals surface area contributed by atoms with Crippen LogP contribution in [-0.2, 0) is 4.74 Å². The molecule has 2 aromatic heterocycles. The van der Waals surface area contributed by atoms with Crippen molar-refractivity contribution >= 4 is 21.7 Å². The van der Waals surface area contributed by atoms with Crippen molar-refractivity contribution in [3.8, 4) is 17.2 Å². The van der Waals surface area contributed by atoms with Crippen molar-refractivity contribution in [2.24, 2.45) is 5.16 Å². The van der Waals surface area contributed by atoms with Gasteiger partial charge in [-0.2, -0.15) is 0 Å². The summed E-state index contributed by atoms with van der Waals surface area (Å²) < 4.78 is 16.6. The number of fused-ring (bicyclic) bond motifs is 2. The smallest absolute Gasteiger partial charge is 0.155 e. The molecule has 27 heavy (non-hydrogen) atoms. The predicted molar refractivity (Wildman–Crippen MR) is 102 cm³/mol. The van der Waals surface area contributed by atoms with Gasteiger partial charge in [-0.1, -0.05) is 29.4 Å². The van der Waals surface area contributed by atoms with Crippen molar-refractivity contribution in [1.82, 2.24) is 4.98 Å². The molecule has 2 aromatic carbocycles. The highest BCUT2D eigenvalue weighted by molar-refractivity contribution is 5.85. The number of ether oxygens (including phenoxy) is 2. The van der Waals surface area contributed by atoms with Crippen molar-refractivity contribution in [2.45, 2.75) is 0 Å². The van der Waals surface area contributed by atoms with Gasteiger partial charge in [0.25, 0.3) is 0 Å². The number of hydrogen-bond donors (Lipinski definition) is 1. The van der Waals surface area contributed by atoms with Crippen LogP contribution in [0.2, 0.25) is 0 Å². The Morgan fingerprint density at radius 2 is 1.89 bits per heavy atom. The summed E-state index contributed by atoms with van der Waals surface area (Å²) in [4.78, 5) is 4.47. The van der Waals surface area contributed by atoms with Crippen LogP contribution in [0.3, 0.4) is 0 Å². The quantitative estimate of drug-likeness (QED) is 0.330. The van der Waals surface area contributed by atoms with E-state index in [1.54, 1.807) is 37.6 Å². The highest BCUT2D eigenvalue weighted by atomic mass is 16.5. The first-order valence-electron chi connectivity index (χ1n) is 8.51. The van der Waals surface area contributed by atoms with Crippen molar-refractivity contribution in [1.29, 1.82) is 0 Å². The topological polar surface area (TPSA) is 77.1 Å². The first kappa shape index (κ1) is 17.1. The Morgan fingerprint density at radius 3 is 2.70 bits per heavy atom. The number of benzene rings is 2. The second-order valence-corrected chi connectivity index (χ2v) is 6.01. The Kier molecular flexibility index (Phi) is 4.72. The molecule has 0 radical (unpaired) electrons. The van der Waals surface area contributed by atoms with Crippen LogP contribution < -0.4 is 10.1 Å². The molecule has 0 spiro atoms. The van der Waals surface area contributed by atoms with Crippen molar-refractivity contribution in [3.63, 3.8) is 0 Å². The van der Waals surface area contributed by atoms with E-state index >= 15 is 0 Å². The Labute approximate surface area is 155 Å². The molecule has 0 atom stereocenters. The summed E-state index contributed by atoms with van der Waals surface area (Å²) >= 11 is 0. The third kappa shape index (κ3) is 3.47. The number of methoxy groups -OCH3 is 1. The SMILES string of the molecule is COCCOc1ccc2oc(-c3cc4ccccc4cn3)cc(=NO)c2c1. The molecule has 0 saturated heterocycles. The van der Waals surface area contributed by atoms with E-state index in [1.807, 2.05) is 30.3 Å². The molecule has 0 bridgehead atoms. The van der Waals surface area contributed by atoms with Gasteiger partial charge in [0.2, 0.25) is 0 Å². The Hall–Kier alpha value is -3.38. The van der Waals surface area contributed by atoms with Crippen molar-refractivity contribution < 1.29 is 19.1 Å². The lowest BCUT2D eigenvalue weighted by Gasteiger charge is -2.08. The third-order valence-electron chi connectivity index (χ3n) is 4.26. The zero-order valence-corrected chi connectivity index (χ0v) is 14.8. The Bertz CT molecular complexity index is 1170. The molecule has 0 aliphatic heterocycles. The summed E-state index contributed by atoms with van der Waals surface area (Å²) in [5, 5.41) is 16.0. The van der Waals surface area contributed by atoms with Gasteiger partial charge < -0.3 is 19.1 Å². The molecule has 6 nitrogen and oxygen atoms in total. The van der Waals surface area contributed by atoms with Gasteiger partial charge >= 0.3 is 0 Å². The lowest BCUT2D eigenvalue weighted by Crippen LogP contribution is -2.06. The van der Waals surface area contributed by atoms with E-state index in [1.165, 1.54) is 0 Å². The number of hydrogen-bond acceptors (Lipinski definition) is 6. The molecule has 0 unspecified atom stereocenters. The molecular formula is C21H18N2O4. The fraction of sp³-hybridized carbons (Fsp3) is 0.143. The maximum atomic E-state index is 9.49. The van der Waals surface area contributed by atoms with Crippen LogP contribution >= 0.6 is 0 Å². The van der Waals surface area contributed by atoms with Gasteiger partial charge in [-0.05, 0) is 29.7 Å². The predicted octanol–water partition coefficient (Wildman–Crippen LogP) is 3.96. The molecular weight excluding hydrogens is 344 g/mol. The van der Waals surface area contributed by atoms with Gasteiger partial charge in [0, 0.05) is 24.8 Å². The Morgan fingerprint density at radius 1 is 1.04 bits per heavy atom. The van der Waals surface area contributed by atoms with Crippen LogP contribution in [-0.4, -0.2) is 30.5 Å². The zero-order chi connectivity index (χ0) is 18.6. The fourth-order valence-electron chi connectivity index (χ4n) is 2.91. The van der Waals surface area contributed by atoms with Crippen LogP contribution in [0.25, 0.3) is 33.2 Å². The molecule has 0 amide bonds. The van der Waals surface area contributed by atoms with E-state index in [-0.39, 0.29) is 0 Å². The normalized spacial score (nSPS) is 12.0. The van der Waals surface area contributed by atoms with Crippen LogP contribution in [0.5, 0.6) is 5.75 Å². The van der Waals surface area contributed by atoms with E-state index in [0.717, 1.165) is 10.8 Å². The average Bonchev–Trinajstić information content (AvgIpc) is 2.72. The summed E-state index contributed by atoms with van der Waals surface area (Å²) in [6.07, 6.45) is 1.80. The summed E-state index contributed by atoms with van der Waals surface area (Å²) in [5.41, 5.74) is 1.25. The summed E-state index contributed by atoms with van der Waals surface area (Å²) in [5.74, 6) is 1.17. The molecule has 4 aromatic rings. The van der Waals surface area contributed by atoms with Gasteiger partial charge in [0.15, 0.2) is 5.76 Å². The van der Waals surface area contributed by atoms with Crippen LogP contribution in [0.1, 0.15) is 0 Å². The van der Waals surface area contributed by atoms with Crippen LogP contribution in [0.15, 0.2) is 70.4 Å². The van der Waals surface area contributed by atoms with Gasteiger partial charge in [0.05, 0.1) is 12.0 Å². The van der Waals surface area contributed by atoms with Crippen molar-refractivity contribution in [2.75, 3.05) is 20.3 Å². The van der Waals surface area contributed by atoms with Gasteiger partial charge in [-0.25, -0.2) is 0 Å². The minimum absolute atomic E-state index is 0.387. The fourth-order valence-corrected chi connectivity index (χ4v) is 2.91. The third-order valence-corrected chi connectivity index (χ3v) is 4.26. The summed E-state index contributed by atoms with van der Waals surface area (Å²) in [6.45, 7) is 0.927. The maximum absolute atomic E-state index is 9.49. The zero-order valence-electron chi connectivity index (χ0n) is 14.8. The lowest BCUT2D eigenvalue weighted by molar-refractivity contribution is 0.146. The number of pyridine rings is 1. The minimum Gasteiger partial charge on any atom is -0.491 e. The molecule has 0 saturated carbocycles. The Balaban J connectivity index is 1.79. The maximum Gasteiger partial charge on any atom is 0.155 e. The second-order valence-electron chi connectivity index (χ2n) is 6.01. The summed E-state index contributed by atoms with van der Waals surface area (Å²) in [6, 6.07) is 17.0. The molecule has 4 rings (SSSR count). The first-order chi connectivity index (χ1) is 13.3. The molecule has 0 fully saturated rings. The van der Waals surface area contributed by atoms with Gasteiger partial charge in [-0.15, -0.1) is 0 Å². The van der Waals surface area contributed by atoms with E-state index in [9.17, 15) is 5.21 Å². The highest BCUT2D eigenvalue weighted by Crippen LogP contribution is 2.25. The summed E-state index contributed by atoms with van der Waals surface area (Å²) in [7, 11) is 1.62. The van der Waals surface area contributed by atoms with Gasteiger partial charge in [-0.3, -0.25) is 4.98 Å². The highest BCUT2D eigenvalue weighted by Gasteiger charge is 2.09. The molecule has 6 heteroatoms. The van der Waals surface area contributed by atoms with E-state index in [4.69, 9.17) is 13.9 Å². The van der Waals surface area contributed by atoms with E-state index < -0.39 is 0 Å². The molecule has 2 heterocycles. The average molecular weight is 362 g/mol. The molecule has 136 valence electrons. The molecule has 0 aliphatic rings. The number of aromatic nitrogens is 1. The monoisotopic (exact) mass is 362 g/mol. The van der Waals surface area contributed by atoms with E-state index in [2.05, 4.69) is 10.1 Å². The van der Waals surface area contributed by atoms with Gasteiger partial charge in [0.1, 0.15) is 29.0 Å². The standard InChI is InChI=1S/C21H18N2O4/c1-25-8-9-26-16-6-7-20-17(11-16)18(23-24)12-21(27-20)19-10-14-4-2-3-5-15(14)13-22-19/h2-7,10-13,24H,8-9H2,1H3. The van der Waals surface area contributed by atoms with Crippen LogP contribution in [0, 0.1) is 0 Å². The lowest BCUT2D eigenvalue weighted by atomic mass is 10.1. The van der Waals surface area contributed by atoms with E-state index in [0.29, 0.717) is 46.7 Å². The number of rotatable bonds is 5. The van der Waals surface area contributed by atoms with Crippen molar-refractivity contribution in [3.05, 3.63) is 66.2 Å².